The largest absolute Gasteiger partial charge is 0.374 e. The van der Waals surface area contributed by atoms with Crippen LogP contribution in [0, 0.1) is 0 Å². The van der Waals surface area contributed by atoms with Crippen LogP contribution in [-0.2, 0) is 11.2 Å². The van der Waals surface area contributed by atoms with Crippen molar-refractivity contribution in [2.45, 2.75) is 38.8 Å². The summed E-state index contributed by atoms with van der Waals surface area (Å²) in [5.41, 5.74) is 3.95. The number of fused-ring (bicyclic) bond motifs is 1. The molecule has 0 saturated heterocycles. The maximum Gasteiger partial charge on any atom is 0.0795 e. The molecule has 0 saturated carbocycles. The number of benzene rings is 1. The predicted octanol–water partition coefficient (Wildman–Crippen LogP) is 3.09. The minimum Gasteiger partial charge on any atom is -0.374 e. The van der Waals surface area contributed by atoms with E-state index < -0.39 is 0 Å². The number of hydrazine groups is 1. The van der Waals surface area contributed by atoms with Crippen LogP contribution in [0.3, 0.4) is 0 Å². The molecule has 0 spiro atoms. The Bertz CT molecular complexity index is 536. The van der Waals surface area contributed by atoms with Gasteiger partial charge >= 0.3 is 0 Å². The average molecular weight is 278 g/mol. The number of thiophene rings is 1. The van der Waals surface area contributed by atoms with E-state index in [1.165, 1.54) is 15.6 Å². The number of nitrogens with two attached hydrogens (primary N) is 1. The maximum atomic E-state index is 5.80. The Hall–Kier alpha value is -0.940. The van der Waals surface area contributed by atoms with E-state index in [9.17, 15) is 0 Å². The van der Waals surface area contributed by atoms with Gasteiger partial charge in [0, 0.05) is 11.3 Å². The van der Waals surface area contributed by atoms with E-state index in [-0.39, 0.29) is 11.6 Å². The van der Waals surface area contributed by atoms with Gasteiger partial charge in [0.25, 0.3) is 0 Å². The van der Waals surface area contributed by atoms with Crippen LogP contribution in [0.2, 0.25) is 0 Å². The van der Waals surface area contributed by atoms with Crippen LogP contribution in [-0.4, -0.2) is 18.2 Å². The first-order valence-corrected chi connectivity index (χ1v) is 7.51. The molecule has 1 heterocycles. The number of hydrogen-bond donors (Lipinski definition) is 2. The van der Waals surface area contributed by atoms with Gasteiger partial charge in [-0.2, -0.15) is 0 Å². The molecule has 2 rings (SSSR count). The van der Waals surface area contributed by atoms with Crippen molar-refractivity contribution in [1.29, 1.82) is 0 Å². The Morgan fingerprint density at radius 1 is 1.37 bits per heavy atom. The van der Waals surface area contributed by atoms with Crippen LogP contribution in [0.5, 0.6) is 0 Å². The van der Waals surface area contributed by atoms with Crippen LogP contribution in [0.1, 0.15) is 26.3 Å². The smallest absolute Gasteiger partial charge is 0.0795 e. The van der Waals surface area contributed by atoms with Crippen molar-refractivity contribution in [1.82, 2.24) is 5.43 Å². The van der Waals surface area contributed by atoms with Gasteiger partial charge in [-0.25, -0.2) is 0 Å². The first kappa shape index (κ1) is 14.5. The standard InChI is InChI=1S/C15H22N2OS/c1-4-18-15(2,3)14(17-16)9-11-10-19-13-8-6-5-7-12(11)13/h5-8,10,14,17H,4,9,16H2,1-3H3. The van der Waals surface area contributed by atoms with Crippen molar-refractivity contribution in [3.8, 4) is 0 Å². The molecule has 0 bridgehead atoms. The highest BCUT2D eigenvalue weighted by Crippen LogP contribution is 2.28. The van der Waals surface area contributed by atoms with Gasteiger partial charge < -0.3 is 4.74 Å². The molecule has 1 aromatic carbocycles. The quantitative estimate of drug-likeness (QED) is 0.630. The maximum absolute atomic E-state index is 5.80. The summed E-state index contributed by atoms with van der Waals surface area (Å²) in [6, 6.07) is 8.57. The molecule has 0 aliphatic carbocycles. The zero-order valence-corrected chi connectivity index (χ0v) is 12.6. The minimum absolute atomic E-state index is 0.0884. The number of ether oxygens (including phenoxy) is 1. The Morgan fingerprint density at radius 2 is 2.11 bits per heavy atom. The van der Waals surface area contributed by atoms with Crippen LogP contribution in [0.15, 0.2) is 29.6 Å². The van der Waals surface area contributed by atoms with Gasteiger partial charge in [0.2, 0.25) is 0 Å². The zero-order valence-electron chi connectivity index (χ0n) is 11.8. The molecule has 0 aliphatic rings. The van der Waals surface area contributed by atoms with Gasteiger partial charge in [0.15, 0.2) is 0 Å². The average Bonchev–Trinajstić information content (AvgIpc) is 2.79. The van der Waals surface area contributed by atoms with E-state index in [2.05, 4.69) is 48.9 Å². The van der Waals surface area contributed by atoms with Crippen molar-refractivity contribution in [3.63, 3.8) is 0 Å². The van der Waals surface area contributed by atoms with E-state index in [4.69, 9.17) is 10.6 Å². The summed E-state index contributed by atoms with van der Waals surface area (Å²) in [5, 5.41) is 3.54. The second-order valence-electron chi connectivity index (χ2n) is 5.22. The van der Waals surface area contributed by atoms with Crippen molar-refractivity contribution < 1.29 is 4.74 Å². The van der Waals surface area contributed by atoms with Crippen LogP contribution in [0.25, 0.3) is 10.1 Å². The van der Waals surface area contributed by atoms with E-state index in [0.717, 1.165) is 6.42 Å². The fraction of sp³-hybridized carbons (Fsp3) is 0.467. The van der Waals surface area contributed by atoms with Crippen molar-refractivity contribution in [2.75, 3.05) is 6.61 Å². The molecule has 1 atom stereocenters. The summed E-state index contributed by atoms with van der Waals surface area (Å²) < 4.78 is 7.13. The number of rotatable bonds is 6. The molecule has 104 valence electrons. The van der Waals surface area contributed by atoms with Gasteiger partial charge in [-0.15, -0.1) is 11.3 Å². The van der Waals surface area contributed by atoms with Crippen LogP contribution >= 0.6 is 11.3 Å². The van der Waals surface area contributed by atoms with Crippen molar-refractivity contribution >= 4 is 21.4 Å². The normalized spacial score (nSPS) is 13.9. The SMILES string of the molecule is CCOC(C)(C)C(Cc1csc2ccccc12)NN. The van der Waals surface area contributed by atoms with Gasteiger partial charge in [0.1, 0.15) is 0 Å². The molecule has 0 amide bonds. The van der Waals surface area contributed by atoms with Crippen molar-refractivity contribution in [2.24, 2.45) is 5.84 Å². The lowest BCUT2D eigenvalue weighted by atomic mass is 9.92. The Labute approximate surface area is 118 Å². The summed E-state index contributed by atoms with van der Waals surface area (Å²) in [4.78, 5) is 0. The molecule has 0 fully saturated rings. The summed E-state index contributed by atoms with van der Waals surface area (Å²) in [7, 11) is 0. The summed E-state index contributed by atoms with van der Waals surface area (Å²) in [6.07, 6.45) is 0.869. The minimum atomic E-state index is -0.285. The van der Waals surface area contributed by atoms with Crippen LogP contribution in [0.4, 0.5) is 0 Å². The lowest BCUT2D eigenvalue weighted by Crippen LogP contribution is -2.52. The van der Waals surface area contributed by atoms with Crippen molar-refractivity contribution in [3.05, 3.63) is 35.2 Å². The first-order chi connectivity index (χ1) is 9.08. The summed E-state index contributed by atoms with van der Waals surface area (Å²) in [5.74, 6) is 5.72. The third kappa shape index (κ3) is 3.15. The highest BCUT2D eigenvalue weighted by atomic mass is 32.1. The molecular formula is C15H22N2OS. The predicted molar refractivity (Wildman–Crippen MR) is 82.3 cm³/mol. The molecule has 0 aliphatic heterocycles. The molecule has 19 heavy (non-hydrogen) atoms. The fourth-order valence-corrected chi connectivity index (χ4v) is 3.36. The third-order valence-electron chi connectivity index (χ3n) is 3.54. The molecule has 1 aromatic heterocycles. The van der Waals surface area contributed by atoms with Gasteiger partial charge in [-0.3, -0.25) is 11.3 Å². The molecule has 3 nitrogen and oxygen atoms in total. The van der Waals surface area contributed by atoms with E-state index in [1.54, 1.807) is 11.3 Å². The van der Waals surface area contributed by atoms with E-state index in [0.29, 0.717) is 6.61 Å². The highest BCUT2D eigenvalue weighted by molar-refractivity contribution is 7.17. The number of nitrogens with one attached hydrogen (secondary N) is 1. The number of hydrogen-bond acceptors (Lipinski definition) is 4. The Balaban J connectivity index is 2.23. The third-order valence-corrected chi connectivity index (χ3v) is 4.55. The Kier molecular flexibility index (Phi) is 4.58. The highest BCUT2D eigenvalue weighted by Gasteiger charge is 2.29. The molecule has 0 radical (unpaired) electrons. The zero-order chi connectivity index (χ0) is 13.9. The molecule has 3 N–H and O–H groups in total. The Morgan fingerprint density at radius 3 is 2.79 bits per heavy atom. The topological polar surface area (TPSA) is 47.3 Å². The van der Waals surface area contributed by atoms with Crippen LogP contribution < -0.4 is 11.3 Å². The lowest BCUT2D eigenvalue weighted by Gasteiger charge is -2.33. The monoisotopic (exact) mass is 278 g/mol. The summed E-state index contributed by atoms with van der Waals surface area (Å²) >= 11 is 1.78. The lowest BCUT2D eigenvalue weighted by molar-refractivity contribution is -0.0380. The fourth-order valence-electron chi connectivity index (χ4n) is 2.39. The second kappa shape index (κ2) is 6.01. The van der Waals surface area contributed by atoms with E-state index >= 15 is 0 Å². The van der Waals surface area contributed by atoms with E-state index in [1.807, 2.05) is 6.92 Å². The molecular weight excluding hydrogens is 256 g/mol. The van der Waals surface area contributed by atoms with Gasteiger partial charge in [-0.05, 0) is 49.6 Å². The molecule has 1 unspecified atom stereocenters. The van der Waals surface area contributed by atoms with Gasteiger partial charge in [0.05, 0.1) is 11.6 Å². The molecule has 4 heteroatoms. The second-order valence-corrected chi connectivity index (χ2v) is 6.13. The first-order valence-electron chi connectivity index (χ1n) is 6.63. The molecule has 2 aromatic rings. The summed E-state index contributed by atoms with van der Waals surface area (Å²) in [6.45, 7) is 6.86. The van der Waals surface area contributed by atoms with Gasteiger partial charge in [-0.1, -0.05) is 18.2 Å².